The molecule has 0 amide bonds. The molecule has 0 bridgehead atoms. The van der Waals surface area contributed by atoms with E-state index in [1.807, 2.05) is 0 Å². The highest BCUT2D eigenvalue weighted by molar-refractivity contribution is 7.92. The van der Waals surface area contributed by atoms with Crippen LogP contribution in [0.3, 0.4) is 0 Å². The first-order valence-electron chi connectivity index (χ1n) is 5.66. The van der Waals surface area contributed by atoms with Crippen LogP contribution in [0.4, 0.5) is 5.82 Å². The second-order valence-corrected chi connectivity index (χ2v) is 7.40. The predicted octanol–water partition coefficient (Wildman–Crippen LogP) is 1.06. The van der Waals surface area contributed by atoms with E-state index in [0.717, 1.165) is 0 Å². The number of aromatic nitrogens is 1. The number of halogens is 1. The summed E-state index contributed by atoms with van der Waals surface area (Å²) in [6.45, 7) is 2.26. The lowest BCUT2D eigenvalue weighted by Crippen LogP contribution is -2.46. The number of aromatic carboxylic acids is 1. The molecule has 1 N–H and O–H groups in total. The van der Waals surface area contributed by atoms with Crippen molar-refractivity contribution >= 4 is 33.2 Å². The average molecular weight is 305 g/mol. The molecular weight excluding hydrogens is 292 g/mol. The molecule has 1 aliphatic heterocycles. The third-order valence-electron chi connectivity index (χ3n) is 3.10. The van der Waals surface area contributed by atoms with E-state index in [4.69, 9.17) is 16.7 Å². The van der Waals surface area contributed by atoms with Gasteiger partial charge in [-0.15, -0.1) is 0 Å². The number of sulfone groups is 1. The lowest BCUT2D eigenvalue weighted by Gasteiger charge is -2.32. The molecule has 6 nitrogen and oxygen atoms in total. The fraction of sp³-hybridized carbons (Fsp3) is 0.455. The largest absolute Gasteiger partial charge is 0.478 e. The van der Waals surface area contributed by atoms with Crippen LogP contribution in [0.25, 0.3) is 0 Å². The summed E-state index contributed by atoms with van der Waals surface area (Å²) < 4.78 is 23.3. The molecule has 104 valence electrons. The Balaban J connectivity index is 2.27. The van der Waals surface area contributed by atoms with E-state index in [2.05, 4.69) is 4.98 Å². The minimum absolute atomic E-state index is 0.00595. The first-order chi connectivity index (χ1) is 8.81. The lowest BCUT2D eigenvalue weighted by molar-refractivity contribution is 0.0696. The Kier molecular flexibility index (Phi) is 3.69. The third kappa shape index (κ3) is 2.82. The molecule has 1 aromatic rings. The van der Waals surface area contributed by atoms with Crippen LogP contribution in [0.5, 0.6) is 0 Å². The molecule has 0 aliphatic carbocycles. The van der Waals surface area contributed by atoms with Crippen LogP contribution >= 0.6 is 11.6 Å². The molecule has 0 unspecified atom stereocenters. The number of hydrogen-bond donors (Lipinski definition) is 1. The van der Waals surface area contributed by atoms with Gasteiger partial charge in [-0.3, -0.25) is 0 Å². The van der Waals surface area contributed by atoms with Gasteiger partial charge in [-0.25, -0.2) is 18.2 Å². The Bertz CT molecular complexity index is 617. The molecule has 0 saturated carbocycles. The normalized spacial score (nSPS) is 22.2. The second kappa shape index (κ2) is 4.97. The first-order valence-corrected chi connectivity index (χ1v) is 7.76. The van der Waals surface area contributed by atoms with E-state index in [1.165, 1.54) is 12.3 Å². The van der Waals surface area contributed by atoms with Crippen LogP contribution in [0.15, 0.2) is 12.3 Å². The number of nitrogens with zero attached hydrogens (tertiary/aromatic N) is 2. The predicted molar refractivity (Wildman–Crippen MR) is 71.7 cm³/mol. The van der Waals surface area contributed by atoms with E-state index in [-0.39, 0.29) is 16.3 Å². The summed E-state index contributed by atoms with van der Waals surface area (Å²) in [5.41, 5.74) is 0.00595. The smallest absolute Gasteiger partial charge is 0.337 e. The van der Waals surface area contributed by atoms with Gasteiger partial charge < -0.3 is 10.0 Å². The highest BCUT2D eigenvalue weighted by Gasteiger charge is 2.30. The molecule has 1 aromatic heterocycles. The maximum Gasteiger partial charge on any atom is 0.337 e. The zero-order valence-corrected chi connectivity index (χ0v) is 11.8. The maximum absolute atomic E-state index is 11.6. The van der Waals surface area contributed by atoms with Gasteiger partial charge in [0.05, 0.1) is 21.6 Å². The number of carboxylic acids is 1. The number of rotatable bonds is 2. The number of carboxylic acid groups (broad SMARTS) is 1. The van der Waals surface area contributed by atoms with E-state index < -0.39 is 21.1 Å². The van der Waals surface area contributed by atoms with Crippen molar-refractivity contribution in [2.75, 3.05) is 23.7 Å². The topological polar surface area (TPSA) is 87.6 Å². The van der Waals surface area contributed by atoms with Gasteiger partial charge in [0.25, 0.3) is 0 Å². The molecule has 0 spiro atoms. The minimum atomic E-state index is -3.04. The van der Waals surface area contributed by atoms with Crippen molar-refractivity contribution < 1.29 is 18.3 Å². The molecule has 2 heterocycles. The number of anilines is 1. The van der Waals surface area contributed by atoms with E-state index >= 15 is 0 Å². The zero-order valence-electron chi connectivity index (χ0n) is 10.2. The molecular formula is C11H13ClN2O4S. The van der Waals surface area contributed by atoms with Gasteiger partial charge in [0.15, 0.2) is 9.84 Å². The Hall–Kier alpha value is -1.34. The summed E-state index contributed by atoms with van der Waals surface area (Å²) in [5.74, 6) is -0.628. The SMILES string of the molecule is C[C@H]1CN(c2ncc(C(=O)O)cc2Cl)CCS1(=O)=O. The molecule has 1 saturated heterocycles. The van der Waals surface area contributed by atoms with Crippen molar-refractivity contribution in [2.45, 2.75) is 12.2 Å². The zero-order chi connectivity index (χ0) is 14.2. The third-order valence-corrected chi connectivity index (χ3v) is 5.51. The second-order valence-electron chi connectivity index (χ2n) is 4.46. The summed E-state index contributed by atoms with van der Waals surface area (Å²) in [7, 11) is -3.04. The lowest BCUT2D eigenvalue weighted by atomic mass is 10.2. The fourth-order valence-corrected chi connectivity index (χ4v) is 3.50. The van der Waals surface area contributed by atoms with E-state index in [9.17, 15) is 13.2 Å². The van der Waals surface area contributed by atoms with E-state index in [0.29, 0.717) is 18.9 Å². The van der Waals surface area contributed by atoms with Gasteiger partial charge in [-0.2, -0.15) is 0 Å². The van der Waals surface area contributed by atoms with Crippen molar-refractivity contribution in [1.82, 2.24) is 4.98 Å². The van der Waals surface area contributed by atoms with Gasteiger partial charge in [-0.05, 0) is 13.0 Å². The van der Waals surface area contributed by atoms with Gasteiger partial charge >= 0.3 is 5.97 Å². The highest BCUT2D eigenvalue weighted by atomic mass is 35.5. The van der Waals surface area contributed by atoms with Gasteiger partial charge in [0, 0.05) is 19.3 Å². The summed E-state index contributed by atoms with van der Waals surface area (Å²) in [6.07, 6.45) is 1.22. The molecule has 1 fully saturated rings. The van der Waals surface area contributed by atoms with Crippen molar-refractivity contribution in [2.24, 2.45) is 0 Å². The Morgan fingerprint density at radius 3 is 2.79 bits per heavy atom. The standard InChI is InChI=1S/C11H13ClN2O4S/c1-7-6-14(2-3-19(7,17)18)10-9(12)4-8(5-13-10)11(15)16/h4-5,7H,2-3,6H2,1H3,(H,15,16)/t7-/m0/s1. The van der Waals surface area contributed by atoms with Crippen molar-refractivity contribution in [3.63, 3.8) is 0 Å². The molecule has 0 radical (unpaired) electrons. The number of hydrogen-bond acceptors (Lipinski definition) is 5. The molecule has 19 heavy (non-hydrogen) atoms. The Morgan fingerprint density at radius 2 is 2.26 bits per heavy atom. The molecule has 2 rings (SSSR count). The molecule has 0 aromatic carbocycles. The highest BCUT2D eigenvalue weighted by Crippen LogP contribution is 2.26. The number of pyridine rings is 1. The van der Waals surface area contributed by atoms with Gasteiger partial charge in [0.1, 0.15) is 5.82 Å². The fourth-order valence-electron chi connectivity index (χ4n) is 1.93. The summed E-state index contributed by atoms with van der Waals surface area (Å²) in [6, 6.07) is 1.32. The van der Waals surface area contributed by atoms with Crippen LogP contribution in [-0.4, -0.2) is 48.6 Å². The van der Waals surface area contributed by atoms with Crippen LogP contribution in [0.2, 0.25) is 5.02 Å². The monoisotopic (exact) mass is 304 g/mol. The molecule has 1 aliphatic rings. The Morgan fingerprint density at radius 1 is 1.58 bits per heavy atom. The number of carbonyl (C=O) groups is 1. The van der Waals surface area contributed by atoms with Crippen molar-refractivity contribution in [1.29, 1.82) is 0 Å². The summed E-state index contributed by atoms with van der Waals surface area (Å²) in [5, 5.41) is 8.56. The average Bonchev–Trinajstić information content (AvgIpc) is 2.33. The molecule has 1 atom stereocenters. The summed E-state index contributed by atoms with van der Waals surface area (Å²) >= 11 is 6.01. The van der Waals surface area contributed by atoms with Crippen LogP contribution < -0.4 is 4.90 Å². The quantitative estimate of drug-likeness (QED) is 0.879. The van der Waals surface area contributed by atoms with Crippen LogP contribution in [0.1, 0.15) is 17.3 Å². The van der Waals surface area contributed by atoms with Crippen LogP contribution in [0, 0.1) is 0 Å². The first kappa shape index (κ1) is 14.1. The maximum atomic E-state index is 11.6. The minimum Gasteiger partial charge on any atom is -0.478 e. The molecule has 8 heteroatoms. The van der Waals surface area contributed by atoms with Crippen molar-refractivity contribution in [3.05, 3.63) is 22.8 Å². The summed E-state index contributed by atoms with van der Waals surface area (Å²) in [4.78, 5) is 16.6. The van der Waals surface area contributed by atoms with Gasteiger partial charge in [0.2, 0.25) is 0 Å². The van der Waals surface area contributed by atoms with E-state index in [1.54, 1.807) is 11.8 Å². The van der Waals surface area contributed by atoms with Crippen molar-refractivity contribution in [3.8, 4) is 0 Å². The van der Waals surface area contributed by atoms with Gasteiger partial charge in [-0.1, -0.05) is 11.6 Å². The Labute approximate surface area is 115 Å². The van der Waals surface area contributed by atoms with Crippen LogP contribution in [-0.2, 0) is 9.84 Å².